The van der Waals surface area contributed by atoms with Gasteiger partial charge in [0.05, 0.1) is 0 Å². The predicted octanol–water partition coefficient (Wildman–Crippen LogP) is 0.972. The lowest BCUT2D eigenvalue weighted by Gasteiger charge is -2.31. The molecule has 0 bridgehead atoms. The Balaban J connectivity index is 2.93. The van der Waals surface area contributed by atoms with Gasteiger partial charge in [0.15, 0.2) is 0 Å². The maximum absolute atomic E-state index is 12.6. The maximum atomic E-state index is 12.6. The van der Waals surface area contributed by atoms with E-state index in [0.29, 0.717) is 6.21 Å². The van der Waals surface area contributed by atoms with E-state index < -0.39 is 48.7 Å². The molecule has 0 radical (unpaired) electrons. The van der Waals surface area contributed by atoms with Crippen LogP contribution >= 0.6 is 0 Å². The van der Waals surface area contributed by atoms with Crippen LogP contribution in [-0.4, -0.2) is 46.9 Å². The molecule has 0 aliphatic carbocycles. The molecule has 12 heteroatoms. The average molecular weight is 319 g/mol. The van der Waals surface area contributed by atoms with E-state index in [1.807, 2.05) is 0 Å². The summed E-state index contributed by atoms with van der Waals surface area (Å²) in [6, 6.07) is -1.97. The average Bonchev–Trinajstić information content (AvgIpc) is 2.64. The molecular weight excluding hydrogens is 312 g/mol. The fourth-order valence-corrected chi connectivity index (χ4v) is 1.60. The number of alkyl halides is 6. The van der Waals surface area contributed by atoms with E-state index >= 15 is 0 Å². The highest BCUT2D eigenvalue weighted by molar-refractivity contribution is 6.25. The van der Waals surface area contributed by atoms with E-state index in [9.17, 15) is 35.9 Å². The molecule has 1 N–H and O–H groups in total. The zero-order valence-electron chi connectivity index (χ0n) is 9.96. The van der Waals surface area contributed by atoms with Gasteiger partial charge in [0, 0.05) is 6.42 Å². The molecule has 0 amide bonds. The summed E-state index contributed by atoms with van der Waals surface area (Å²) < 4.78 is 79.1. The molecule has 0 aromatic heterocycles. The van der Waals surface area contributed by atoms with Crippen LogP contribution in [0.4, 0.5) is 26.3 Å². The smallest absolute Gasteiger partial charge is 0.424 e. The first-order valence-electron chi connectivity index (χ1n) is 5.29. The number of ketones is 1. The second-order valence-corrected chi connectivity index (χ2v) is 4.04. The minimum atomic E-state index is -5.92. The molecule has 1 atom stereocenters. The van der Waals surface area contributed by atoms with Gasteiger partial charge in [0.25, 0.3) is 0 Å². The van der Waals surface area contributed by atoms with Crippen LogP contribution in [0, 0.1) is 0 Å². The number of hydrogen-bond donors (Lipinski definition) is 1. The lowest BCUT2D eigenvalue weighted by Crippen LogP contribution is -2.65. The second-order valence-electron chi connectivity index (χ2n) is 4.04. The van der Waals surface area contributed by atoms with Crippen LogP contribution in [-0.2, 0) is 14.3 Å². The van der Waals surface area contributed by atoms with Crippen molar-refractivity contribution in [3.63, 3.8) is 0 Å². The van der Waals surface area contributed by atoms with E-state index in [-0.39, 0.29) is 0 Å². The number of rotatable bonds is 4. The third-order valence-electron chi connectivity index (χ3n) is 2.60. The summed E-state index contributed by atoms with van der Waals surface area (Å²) in [5.74, 6) is -2.66. The summed E-state index contributed by atoms with van der Waals surface area (Å²) in [5, 5.41) is 1.05. The third-order valence-corrected chi connectivity index (χ3v) is 2.60. The van der Waals surface area contributed by atoms with Gasteiger partial charge in [-0.15, -0.1) is 0 Å². The van der Waals surface area contributed by atoms with E-state index in [0.717, 1.165) is 5.32 Å². The van der Waals surface area contributed by atoms with Crippen molar-refractivity contribution in [3.05, 3.63) is 5.53 Å². The summed E-state index contributed by atoms with van der Waals surface area (Å²) in [6.45, 7) is 0. The molecule has 0 unspecified atom stereocenters. The Hall–Kier alpha value is -1.94. The van der Waals surface area contributed by atoms with Gasteiger partial charge in [-0.3, -0.25) is 14.9 Å². The standard InChI is InChI=1S/C9H7F6N3O3/c10-8(11,12)7(9(13,14)15)18-5(6(20)21-7)2-1-4(19)3-17-16/h3,5,18H,1-2H2/t5-/m0/s1. The molecule has 1 aliphatic rings. The van der Waals surface area contributed by atoms with Gasteiger partial charge in [0.1, 0.15) is 6.04 Å². The van der Waals surface area contributed by atoms with Crippen LogP contribution in [0.15, 0.2) is 0 Å². The largest absolute Gasteiger partial charge is 0.452 e. The van der Waals surface area contributed by atoms with Crippen molar-refractivity contribution < 1.29 is 45.5 Å². The van der Waals surface area contributed by atoms with Crippen molar-refractivity contribution in [2.24, 2.45) is 0 Å². The number of nitrogens with one attached hydrogen (secondary N) is 1. The molecule has 21 heavy (non-hydrogen) atoms. The van der Waals surface area contributed by atoms with E-state index in [2.05, 4.69) is 9.53 Å². The normalized spacial score (nSPS) is 21.6. The molecule has 0 aromatic rings. The highest BCUT2D eigenvalue weighted by Gasteiger charge is 2.78. The topological polar surface area (TPSA) is 91.8 Å². The van der Waals surface area contributed by atoms with Gasteiger partial charge in [-0.2, -0.15) is 31.1 Å². The van der Waals surface area contributed by atoms with E-state index in [1.54, 1.807) is 0 Å². The molecule has 1 saturated heterocycles. The minimum Gasteiger partial charge on any atom is -0.424 e. The number of cyclic esters (lactones) is 1. The first kappa shape index (κ1) is 17.1. The summed E-state index contributed by atoms with van der Waals surface area (Å²) in [5.41, 5.74) is 3.23. The zero-order valence-corrected chi connectivity index (χ0v) is 9.96. The predicted molar refractivity (Wildman–Crippen MR) is 51.8 cm³/mol. The monoisotopic (exact) mass is 319 g/mol. The second kappa shape index (κ2) is 5.45. The summed E-state index contributed by atoms with van der Waals surface area (Å²) in [7, 11) is 0. The Morgan fingerprint density at radius 3 is 2.24 bits per heavy atom. The van der Waals surface area contributed by atoms with E-state index in [4.69, 9.17) is 5.53 Å². The number of ether oxygens (including phenoxy) is 1. The van der Waals surface area contributed by atoms with E-state index in [1.165, 1.54) is 0 Å². The minimum absolute atomic E-state index is 0.404. The van der Waals surface area contributed by atoms with Gasteiger partial charge < -0.3 is 10.3 Å². The van der Waals surface area contributed by atoms with Gasteiger partial charge in [-0.1, -0.05) is 0 Å². The maximum Gasteiger partial charge on any atom is 0.452 e. The highest BCUT2D eigenvalue weighted by Crippen LogP contribution is 2.47. The SMILES string of the molecule is [N-]=[N+]=CC(=O)CC[C@@H]1NC(C(F)(F)F)(C(F)(F)F)OC1=O. The van der Waals surface area contributed by atoms with Crippen LogP contribution < -0.4 is 5.32 Å². The van der Waals surface area contributed by atoms with Crippen LogP contribution in [0.5, 0.6) is 0 Å². The van der Waals surface area contributed by atoms with Gasteiger partial charge in [0.2, 0.25) is 5.78 Å². The van der Waals surface area contributed by atoms with Crippen molar-refractivity contribution in [1.82, 2.24) is 5.32 Å². The number of hydrogen-bond acceptors (Lipinski definition) is 4. The first-order chi connectivity index (χ1) is 9.44. The highest BCUT2D eigenvalue weighted by atomic mass is 19.4. The zero-order chi connectivity index (χ0) is 16.5. The molecule has 1 fully saturated rings. The Labute approximate surface area is 112 Å². The third kappa shape index (κ3) is 3.22. The number of esters is 1. The fourth-order valence-electron chi connectivity index (χ4n) is 1.60. The number of halogens is 6. The van der Waals surface area contributed by atoms with Crippen molar-refractivity contribution in [2.45, 2.75) is 37.0 Å². The molecule has 0 aromatic carbocycles. The van der Waals surface area contributed by atoms with Gasteiger partial charge >= 0.3 is 30.3 Å². The van der Waals surface area contributed by atoms with Crippen molar-refractivity contribution in [2.75, 3.05) is 0 Å². The number of Topliss-reactive ketones (excluding diaryl/α,β-unsaturated/α-hetero) is 1. The molecule has 118 valence electrons. The van der Waals surface area contributed by atoms with Crippen molar-refractivity contribution in [3.8, 4) is 0 Å². The van der Waals surface area contributed by atoms with Crippen LogP contribution in [0.3, 0.4) is 0 Å². The Morgan fingerprint density at radius 2 is 1.86 bits per heavy atom. The van der Waals surface area contributed by atoms with Crippen LogP contribution in [0.1, 0.15) is 12.8 Å². The van der Waals surface area contributed by atoms with Gasteiger partial charge in [-0.25, -0.2) is 0 Å². The number of carbonyl (C=O) groups excluding carboxylic acids is 2. The molecule has 1 rings (SSSR count). The Morgan fingerprint density at radius 1 is 1.33 bits per heavy atom. The molecular formula is C9H7F6N3O3. The first-order valence-corrected chi connectivity index (χ1v) is 5.29. The summed E-state index contributed by atoms with van der Waals surface area (Å²) in [4.78, 5) is 24.4. The summed E-state index contributed by atoms with van der Waals surface area (Å²) >= 11 is 0. The quantitative estimate of drug-likeness (QED) is 0.275. The molecule has 1 heterocycles. The Bertz CT molecular complexity index is 480. The lowest BCUT2D eigenvalue weighted by atomic mass is 10.1. The van der Waals surface area contributed by atoms with Gasteiger partial charge in [-0.05, 0) is 6.42 Å². The molecule has 0 saturated carbocycles. The fraction of sp³-hybridized carbons (Fsp3) is 0.667. The molecule has 6 nitrogen and oxygen atoms in total. The summed E-state index contributed by atoms with van der Waals surface area (Å²) in [6.07, 6.45) is -12.7. The number of carbonyl (C=O) groups is 2. The van der Waals surface area contributed by atoms with Crippen LogP contribution in [0.25, 0.3) is 5.53 Å². The van der Waals surface area contributed by atoms with Crippen LogP contribution in [0.2, 0.25) is 0 Å². The number of nitrogens with zero attached hydrogens (tertiary/aromatic N) is 2. The lowest BCUT2D eigenvalue weighted by molar-refractivity contribution is -0.369. The van der Waals surface area contributed by atoms with Crippen molar-refractivity contribution >= 4 is 18.0 Å². The molecule has 1 aliphatic heterocycles. The molecule has 0 spiro atoms. The van der Waals surface area contributed by atoms with Crippen molar-refractivity contribution in [1.29, 1.82) is 0 Å². The Kier molecular flexibility index (Phi) is 4.44.